The van der Waals surface area contributed by atoms with Crippen LogP contribution in [0.15, 0.2) is 69.6 Å². The highest BCUT2D eigenvalue weighted by atomic mass is 35.5. The van der Waals surface area contributed by atoms with E-state index in [-0.39, 0.29) is 11.5 Å². The van der Waals surface area contributed by atoms with Crippen molar-refractivity contribution in [3.05, 3.63) is 118 Å². The molecule has 1 aliphatic rings. The molecule has 0 bridgehead atoms. The predicted molar refractivity (Wildman–Crippen MR) is 174 cm³/mol. The zero-order valence-corrected chi connectivity index (χ0v) is 27.5. The van der Waals surface area contributed by atoms with Gasteiger partial charge in [-0.3, -0.25) is 14.2 Å². The normalized spacial score (nSPS) is 14.8. The van der Waals surface area contributed by atoms with Gasteiger partial charge in [0.2, 0.25) is 0 Å². The molecule has 0 unspecified atom stereocenters. The fourth-order valence-corrected chi connectivity index (χ4v) is 7.04. The van der Waals surface area contributed by atoms with E-state index in [1.54, 1.807) is 27.7 Å². The fraction of sp³-hybridized carbons (Fsp3) is 0.294. The summed E-state index contributed by atoms with van der Waals surface area (Å²) in [7, 11) is 1.37. The number of nitrogens with zero attached hydrogens (tertiary/aromatic N) is 4. The first kappa shape index (κ1) is 31.2. The van der Waals surface area contributed by atoms with Gasteiger partial charge in [-0.05, 0) is 94.6 Å². The summed E-state index contributed by atoms with van der Waals surface area (Å²) in [6, 6.07) is 14.2. The monoisotopic (exact) mass is 630 g/mol. The van der Waals surface area contributed by atoms with E-state index >= 15 is 0 Å². The number of halogens is 1. The van der Waals surface area contributed by atoms with Crippen LogP contribution in [-0.4, -0.2) is 46.1 Å². The van der Waals surface area contributed by atoms with E-state index in [0.29, 0.717) is 44.3 Å². The molecule has 4 aromatic rings. The van der Waals surface area contributed by atoms with Gasteiger partial charge in [0.25, 0.3) is 11.5 Å². The molecule has 228 valence electrons. The molecule has 0 radical (unpaired) electrons. The number of amides is 1. The summed E-state index contributed by atoms with van der Waals surface area (Å²) in [5.74, 6) is -0.531. The number of hydrogen-bond donors (Lipinski definition) is 0. The number of rotatable bonds is 7. The number of carbonyl (C=O) groups excluding carboxylic acids is 2. The molecule has 0 N–H and O–H groups in total. The average molecular weight is 631 g/mol. The van der Waals surface area contributed by atoms with Crippen LogP contribution in [0.25, 0.3) is 11.8 Å². The number of ether oxygens (including phenoxy) is 1. The Bertz CT molecular complexity index is 2000. The summed E-state index contributed by atoms with van der Waals surface area (Å²) in [6.07, 6.45) is 1.88. The molecule has 5 rings (SSSR count). The Morgan fingerprint density at radius 2 is 1.75 bits per heavy atom. The van der Waals surface area contributed by atoms with Crippen LogP contribution in [0.1, 0.15) is 65.2 Å². The molecule has 0 saturated heterocycles. The number of carbonyl (C=O) groups is 2. The average Bonchev–Trinajstić information content (AvgIpc) is 3.46. The van der Waals surface area contributed by atoms with Crippen molar-refractivity contribution in [1.29, 1.82) is 0 Å². The lowest BCUT2D eigenvalue weighted by Crippen LogP contribution is -2.43. The molecular weight excluding hydrogens is 596 g/mol. The Morgan fingerprint density at radius 1 is 1.07 bits per heavy atom. The summed E-state index contributed by atoms with van der Waals surface area (Å²) >= 11 is 7.51. The van der Waals surface area contributed by atoms with Crippen LogP contribution < -0.4 is 14.9 Å². The zero-order chi connectivity index (χ0) is 31.9. The Morgan fingerprint density at radius 3 is 2.39 bits per heavy atom. The number of likely N-dealkylation sites (N-methyl/N-ethyl adjacent to an activating group) is 1. The van der Waals surface area contributed by atoms with E-state index in [2.05, 4.69) is 4.57 Å². The summed E-state index contributed by atoms with van der Waals surface area (Å²) in [4.78, 5) is 47.4. The molecule has 3 heterocycles. The van der Waals surface area contributed by atoms with E-state index in [1.165, 1.54) is 18.4 Å². The Kier molecular flexibility index (Phi) is 8.81. The SMILES string of the molecule is CCN(CC)C(=O)C1=C(C)N=c2s/c(=C\c3cc(C)n(-c4cccc(C(=O)OC)c4C)c3C)c(=O)n2[C@H]1c1ccc(Cl)cc1. The smallest absolute Gasteiger partial charge is 0.338 e. The third-order valence-corrected chi connectivity index (χ3v) is 9.43. The minimum Gasteiger partial charge on any atom is -0.465 e. The quantitative estimate of drug-likeness (QED) is 0.261. The van der Waals surface area contributed by atoms with Gasteiger partial charge in [0.1, 0.15) is 0 Å². The minimum atomic E-state index is -0.644. The molecular formula is C34H35ClN4O4S. The lowest BCUT2D eigenvalue weighted by molar-refractivity contribution is -0.127. The summed E-state index contributed by atoms with van der Waals surface area (Å²) < 4.78 is 9.19. The first-order valence-corrected chi connectivity index (χ1v) is 15.7. The molecule has 1 atom stereocenters. The number of fused-ring (bicyclic) bond motifs is 1. The molecule has 2 aromatic heterocycles. The molecule has 0 fully saturated rings. The van der Waals surface area contributed by atoms with Crippen LogP contribution in [0.3, 0.4) is 0 Å². The summed E-state index contributed by atoms with van der Waals surface area (Å²) in [6.45, 7) is 12.7. The standard InChI is InChI=1S/C34H35ClN4O4S/c1-8-37(9-2)32(41)29-21(5)36-34-39(30(29)23-13-15-25(35)16-14-23)31(40)28(44-34)18-24-17-19(3)38(22(24)6)27-12-10-11-26(20(27)4)33(42)43-7/h10-18,30H,8-9H2,1-7H3/b28-18-/t30-/m0/s1. The maximum absolute atomic E-state index is 14.2. The Hall–Kier alpha value is -4.21. The number of thiazole rings is 1. The van der Waals surface area contributed by atoms with Crippen LogP contribution in [0, 0.1) is 20.8 Å². The topological polar surface area (TPSA) is 85.9 Å². The van der Waals surface area contributed by atoms with Crippen molar-refractivity contribution < 1.29 is 14.3 Å². The largest absolute Gasteiger partial charge is 0.465 e. The molecule has 44 heavy (non-hydrogen) atoms. The fourth-order valence-electron chi connectivity index (χ4n) is 5.88. The number of allylic oxidation sites excluding steroid dienone is 1. The number of hydrogen-bond acceptors (Lipinski definition) is 6. The van der Waals surface area contributed by atoms with Crippen molar-refractivity contribution >= 4 is 40.9 Å². The minimum absolute atomic E-state index is 0.140. The Labute approximate surface area is 265 Å². The van der Waals surface area contributed by atoms with Crippen molar-refractivity contribution in [2.45, 2.75) is 47.6 Å². The van der Waals surface area contributed by atoms with Gasteiger partial charge in [0, 0.05) is 35.2 Å². The van der Waals surface area contributed by atoms with E-state index < -0.39 is 12.0 Å². The summed E-state index contributed by atoms with van der Waals surface area (Å²) in [5, 5.41) is 0.571. The van der Waals surface area contributed by atoms with Gasteiger partial charge in [-0.1, -0.05) is 41.1 Å². The first-order valence-electron chi connectivity index (χ1n) is 14.5. The second-order valence-corrected chi connectivity index (χ2v) is 12.2. The number of benzene rings is 2. The number of esters is 1. The maximum atomic E-state index is 14.2. The van der Waals surface area contributed by atoms with Gasteiger partial charge in [0.15, 0.2) is 4.80 Å². The first-order chi connectivity index (χ1) is 21.0. The van der Waals surface area contributed by atoms with E-state index in [0.717, 1.165) is 33.8 Å². The van der Waals surface area contributed by atoms with Gasteiger partial charge in [-0.15, -0.1) is 0 Å². The van der Waals surface area contributed by atoms with Crippen LogP contribution in [0.4, 0.5) is 0 Å². The van der Waals surface area contributed by atoms with Gasteiger partial charge < -0.3 is 14.2 Å². The molecule has 1 aliphatic heterocycles. The number of aromatic nitrogens is 2. The second kappa shape index (κ2) is 12.4. The molecule has 2 aromatic carbocycles. The molecule has 1 amide bonds. The molecule has 8 nitrogen and oxygen atoms in total. The van der Waals surface area contributed by atoms with Crippen molar-refractivity contribution in [3.8, 4) is 5.69 Å². The van der Waals surface area contributed by atoms with Crippen molar-refractivity contribution in [2.75, 3.05) is 20.2 Å². The number of aryl methyl sites for hydroxylation is 1. The third-order valence-electron chi connectivity index (χ3n) is 8.20. The third kappa shape index (κ3) is 5.35. The molecule has 10 heteroatoms. The maximum Gasteiger partial charge on any atom is 0.338 e. The van der Waals surface area contributed by atoms with Crippen LogP contribution >= 0.6 is 22.9 Å². The highest BCUT2D eigenvalue weighted by Gasteiger charge is 2.34. The van der Waals surface area contributed by atoms with Gasteiger partial charge in [-0.2, -0.15) is 0 Å². The Balaban J connectivity index is 1.69. The molecule has 0 saturated carbocycles. The second-order valence-electron chi connectivity index (χ2n) is 10.7. The van der Waals surface area contributed by atoms with Crippen LogP contribution in [0.2, 0.25) is 5.02 Å². The lowest BCUT2D eigenvalue weighted by atomic mass is 9.94. The lowest BCUT2D eigenvalue weighted by Gasteiger charge is -2.29. The zero-order valence-electron chi connectivity index (χ0n) is 25.9. The van der Waals surface area contributed by atoms with Crippen LogP contribution in [-0.2, 0) is 9.53 Å². The van der Waals surface area contributed by atoms with E-state index in [1.807, 2.05) is 78.0 Å². The molecule has 0 aliphatic carbocycles. The van der Waals surface area contributed by atoms with Gasteiger partial charge in [-0.25, -0.2) is 9.79 Å². The van der Waals surface area contributed by atoms with Gasteiger partial charge in [0.05, 0.1) is 34.5 Å². The highest BCUT2D eigenvalue weighted by Crippen LogP contribution is 2.32. The van der Waals surface area contributed by atoms with E-state index in [4.69, 9.17) is 21.3 Å². The van der Waals surface area contributed by atoms with Crippen molar-refractivity contribution in [3.63, 3.8) is 0 Å². The summed E-state index contributed by atoms with van der Waals surface area (Å²) in [5.41, 5.74) is 6.54. The van der Waals surface area contributed by atoms with E-state index in [9.17, 15) is 14.4 Å². The van der Waals surface area contributed by atoms with Crippen LogP contribution in [0.5, 0.6) is 0 Å². The van der Waals surface area contributed by atoms with Crippen molar-refractivity contribution in [2.24, 2.45) is 4.99 Å². The predicted octanol–water partition coefficient (Wildman–Crippen LogP) is 5.26. The van der Waals surface area contributed by atoms with Gasteiger partial charge >= 0.3 is 5.97 Å². The number of methoxy groups -OCH3 is 1. The highest BCUT2D eigenvalue weighted by molar-refractivity contribution is 7.07. The van der Waals surface area contributed by atoms with Crippen molar-refractivity contribution in [1.82, 2.24) is 14.0 Å². The molecule has 0 spiro atoms.